The predicted molar refractivity (Wildman–Crippen MR) is 98.3 cm³/mol. The fourth-order valence-corrected chi connectivity index (χ4v) is 2.25. The highest BCUT2D eigenvalue weighted by Crippen LogP contribution is 2.17. The zero-order chi connectivity index (χ0) is 18.1. The lowest BCUT2D eigenvalue weighted by Gasteiger charge is -2.10. The van der Waals surface area contributed by atoms with Crippen LogP contribution in [0.3, 0.4) is 0 Å². The van der Waals surface area contributed by atoms with Crippen molar-refractivity contribution in [1.82, 2.24) is 10.6 Å². The second-order valence-electron chi connectivity index (χ2n) is 5.29. The van der Waals surface area contributed by atoms with E-state index in [1.165, 1.54) is 6.08 Å². The minimum absolute atomic E-state index is 0.138. The molecule has 2 aromatic carbocycles. The van der Waals surface area contributed by atoms with Crippen molar-refractivity contribution in [3.63, 3.8) is 0 Å². The standard InChI is InChI=1S/C20H22N2O3/c1-3-25-18-7-5-4-6-17(18)14-22-19(23)13-10-15-8-11-16(12-9-15)20(24)21-2/h4-13H,3,14H2,1-2H3,(H,21,24)(H,22,23)/b13-10-. The Hall–Kier alpha value is -3.08. The molecule has 0 saturated carbocycles. The van der Waals surface area contributed by atoms with Crippen LogP contribution >= 0.6 is 0 Å². The van der Waals surface area contributed by atoms with Crippen molar-refractivity contribution in [2.24, 2.45) is 0 Å². The molecule has 0 fully saturated rings. The summed E-state index contributed by atoms with van der Waals surface area (Å²) in [6.07, 6.45) is 3.18. The van der Waals surface area contributed by atoms with E-state index in [4.69, 9.17) is 4.74 Å². The zero-order valence-electron chi connectivity index (χ0n) is 14.4. The molecule has 0 heterocycles. The molecule has 0 unspecified atom stereocenters. The molecule has 0 atom stereocenters. The molecule has 0 spiro atoms. The third kappa shape index (κ3) is 5.49. The number of hydrogen-bond acceptors (Lipinski definition) is 3. The normalized spacial score (nSPS) is 10.5. The van der Waals surface area contributed by atoms with E-state index >= 15 is 0 Å². The Kier molecular flexibility index (Phi) is 6.77. The van der Waals surface area contributed by atoms with E-state index in [0.717, 1.165) is 16.9 Å². The lowest BCUT2D eigenvalue weighted by molar-refractivity contribution is -0.116. The smallest absolute Gasteiger partial charge is 0.251 e. The first-order valence-corrected chi connectivity index (χ1v) is 8.12. The van der Waals surface area contributed by atoms with Gasteiger partial charge in [0.1, 0.15) is 5.75 Å². The van der Waals surface area contributed by atoms with Gasteiger partial charge in [-0.25, -0.2) is 0 Å². The lowest BCUT2D eigenvalue weighted by atomic mass is 10.1. The molecule has 130 valence electrons. The van der Waals surface area contributed by atoms with Gasteiger partial charge in [0.15, 0.2) is 0 Å². The Morgan fingerprint density at radius 3 is 2.48 bits per heavy atom. The summed E-state index contributed by atoms with van der Waals surface area (Å²) in [4.78, 5) is 23.5. The van der Waals surface area contributed by atoms with Crippen LogP contribution in [0.1, 0.15) is 28.4 Å². The van der Waals surface area contributed by atoms with Crippen molar-refractivity contribution in [1.29, 1.82) is 0 Å². The van der Waals surface area contributed by atoms with Crippen LogP contribution in [-0.4, -0.2) is 25.5 Å². The molecule has 2 rings (SSSR count). The molecule has 0 aromatic heterocycles. The van der Waals surface area contributed by atoms with Gasteiger partial charge in [-0.2, -0.15) is 0 Å². The number of nitrogens with one attached hydrogen (secondary N) is 2. The average molecular weight is 338 g/mol. The van der Waals surface area contributed by atoms with Crippen LogP contribution in [0.25, 0.3) is 6.08 Å². The molecule has 2 N–H and O–H groups in total. The van der Waals surface area contributed by atoms with Gasteiger partial charge in [-0.1, -0.05) is 30.3 Å². The molecule has 0 aliphatic carbocycles. The quantitative estimate of drug-likeness (QED) is 0.763. The van der Waals surface area contributed by atoms with Crippen LogP contribution in [0.4, 0.5) is 0 Å². The first kappa shape index (κ1) is 18.3. The number of carbonyl (C=O) groups excluding carboxylic acids is 2. The summed E-state index contributed by atoms with van der Waals surface area (Å²) < 4.78 is 5.54. The van der Waals surface area contributed by atoms with Crippen LogP contribution in [0.15, 0.2) is 54.6 Å². The summed E-state index contributed by atoms with van der Waals surface area (Å²) in [6, 6.07) is 14.6. The number of para-hydroxylation sites is 1. The monoisotopic (exact) mass is 338 g/mol. The minimum atomic E-state index is -0.193. The van der Waals surface area contributed by atoms with Crippen molar-refractivity contribution in [2.75, 3.05) is 13.7 Å². The summed E-state index contributed by atoms with van der Waals surface area (Å²) in [5.41, 5.74) is 2.36. The molecule has 25 heavy (non-hydrogen) atoms. The maximum absolute atomic E-state index is 12.0. The fraction of sp³-hybridized carbons (Fsp3) is 0.200. The molecule has 2 aromatic rings. The summed E-state index contributed by atoms with van der Waals surface area (Å²) >= 11 is 0. The molecule has 0 aliphatic rings. The Bertz CT molecular complexity index is 752. The first-order valence-electron chi connectivity index (χ1n) is 8.12. The van der Waals surface area contributed by atoms with Crippen LogP contribution in [0.5, 0.6) is 5.75 Å². The highest BCUT2D eigenvalue weighted by Gasteiger charge is 2.04. The second-order valence-corrected chi connectivity index (χ2v) is 5.29. The number of ether oxygens (including phenoxy) is 1. The van der Waals surface area contributed by atoms with Crippen molar-refractivity contribution in [2.45, 2.75) is 13.5 Å². The van der Waals surface area contributed by atoms with E-state index in [0.29, 0.717) is 18.7 Å². The summed E-state index contributed by atoms with van der Waals surface area (Å²) in [5, 5.41) is 5.40. The zero-order valence-corrected chi connectivity index (χ0v) is 14.4. The van der Waals surface area contributed by atoms with E-state index in [1.807, 2.05) is 31.2 Å². The van der Waals surface area contributed by atoms with Crippen molar-refractivity contribution >= 4 is 17.9 Å². The van der Waals surface area contributed by atoms with Crippen LogP contribution in [0.2, 0.25) is 0 Å². The molecular formula is C20H22N2O3. The molecule has 5 nitrogen and oxygen atoms in total. The van der Waals surface area contributed by atoms with Gasteiger partial charge in [-0.15, -0.1) is 0 Å². The van der Waals surface area contributed by atoms with Crippen molar-refractivity contribution in [3.8, 4) is 5.75 Å². The van der Waals surface area contributed by atoms with Gasteiger partial charge >= 0.3 is 0 Å². The van der Waals surface area contributed by atoms with Crippen LogP contribution in [0, 0.1) is 0 Å². The molecule has 0 saturated heterocycles. The Morgan fingerprint density at radius 2 is 1.80 bits per heavy atom. The van der Waals surface area contributed by atoms with Gasteiger partial charge in [0, 0.05) is 30.8 Å². The van der Waals surface area contributed by atoms with Crippen LogP contribution in [-0.2, 0) is 11.3 Å². The van der Waals surface area contributed by atoms with Gasteiger partial charge in [-0.05, 0) is 36.8 Å². The van der Waals surface area contributed by atoms with E-state index in [2.05, 4.69) is 10.6 Å². The van der Waals surface area contributed by atoms with Gasteiger partial charge in [-0.3, -0.25) is 9.59 Å². The lowest BCUT2D eigenvalue weighted by Crippen LogP contribution is -2.20. The van der Waals surface area contributed by atoms with E-state index < -0.39 is 0 Å². The average Bonchev–Trinajstić information content (AvgIpc) is 2.65. The van der Waals surface area contributed by atoms with Gasteiger partial charge in [0.05, 0.1) is 6.61 Å². The number of rotatable bonds is 7. The highest BCUT2D eigenvalue weighted by molar-refractivity contribution is 5.94. The van der Waals surface area contributed by atoms with Crippen molar-refractivity contribution < 1.29 is 14.3 Å². The van der Waals surface area contributed by atoms with E-state index in [9.17, 15) is 9.59 Å². The minimum Gasteiger partial charge on any atom is -0.494 e. The molecule has 2 amide bonds. The Labute approximate surface area is 147 Å². The summed E-state index contributed by atoms with van der Waals surface area (Å²) in [7, 11) is 1.59. The van der Waals surface area contributed by atoms with E-state index in [-0.39, 0.29) is 11.8 Å². The second kappa shape index (κ2) is 9.27. The molecular weight excluding hydrogens is 316 g/mol. The SMILES string of the molecule is CCOc1ccccc1CNC(=O)/C=C\c1ccc(C(=O)NC)cc1. The molecule has 0 bridgehead atoms. The molecule has 0 radical (unpaired) electrons. The number of carbonyl (C=O) groups is 2. The van der Waals surface area contributed by atoms with Gasteiger partial charge in [0.2, 0.25) is 5.91 Å². The van der Waals surface area contributed by atoms with Gasteiger partial charge < -0.3 is 15.4 Å². The molecule has 5 heteroatoms. The van der Waals surface area contributed by atoms with E-state index in [1.54, 1.807) is 37.4 Å². The number of benzene rings is 2. The third-order valence-electron chi connectivity index (χ3n) is 3.55. The fourth-order valence-electron chi connectivity index (χ4n) is 2.25. The maximum Gasteiger partial charge on any atom is 0.251 e. The Morgan fingerprint density at radius 1 is 1.08 bits per heavy atom. The first-order chi connectivity index (χ1) is 12.1. The third-order valence-corrected chi connectivity index (χ3v) is 3.55. The highest BCUT2D eigenvalue weighted by atomic mass is 16.5. The topological polar surface area (TPSA) is 67.4 Å². The number of amides is 2. The largest absolute Gasteiger partial charge is 0.494 e. The van der Waals surface area contributed by atoms with Crippen molar-refractivity contribution in [3.05, 3.63) is 71.3 Å². The molecule has 0 aliphatic heterocycles. The van der Waals surface area contributed by atoms with Crippen LogP contribution < -0.4 is 15.4 Å². The summed E-state index contributed by atoms with van der Waals surface area (Å²) in [6.45, 7) is 2.90. The summed E-state index contributed by atoms with van der Waals surface area (Å²) in [5.74, 6) is 0.446. The predicted octanol–water partition coefficient (Wildman–Crippen LogP) is 2.77. The van der Waals surface area contributed by atoms with Gasteiger partial charge in [0.25, 0.3) is 5.91 Å². The number of hydrogen-bond donors (Lipinski definition) is 2. The Balaban J connectivity index is 1.92. The maximum atomic E-state index is 12.0.